The van der Waals surface area contributed by atoms with Crippen molar-refractivity contribution in [1.82, 2.24) is 4.98 Å². The van der Waals surface area contributed by atoms with Gasteiger partial charge < -0.3 is 9.64 Å². The quantitative estimate of drug-likeness (QED) is 0.562. The van der Waals surface area contributed by atoms with E-state index in [0.717, 1.165) is 34.7 Å². The molecule has 5 nitrogen and oxygen atoms in total. The Labute approximate surface area is 177 Å². The van der Waals surface area contributed by atoms with E-state index in [1.807, 2.05) is 47.8 Å². The van der Waals surface area contributed by atoms with Gasteiger partial charge in [0.2, 0.25) is 0 Å². The third-order valence-corrected chi connectivity index (χ3v) is 6.00. The fourth-order valence-corrected chi connectivity index (χ4v) is 4.50. The minimum Gasteiger partial charge on any atom is -0.455 e. The fourth-order valence-electron chi connectivity index (χ4n) is 3.36. The number of carbonyl (C=O) groups excluding carboxylic acids is 2. The van der Waals surface area contributed by atoms with Crippen molar-refractivity contribution in [2.75, 3.05) is 18.1 Å². The molecule has 3 aromatic rings. The Bertz CT molecular complexity index is 1050. The zero-order chi connectivity index (χ0) is 20.2. The van der Waals surface area contributed by atoms with Crippen molar-refractivity contribution in [1.29, 1.82) is 0 Å². The number of hydrogen-bond donors (Lipinski definition) is 0. The third kappa shape index (κ3) is 4.49. The number of nitrogens with zero attached hydrogens (tertiary/aromatic N) is 2. The first-order chi connectivity index (χ1) is 14.1. The van der Waals surface area contributed by atoms with Crippen LogP contribution in [0.5, 0.6) is 0 Å². The Morgan fingerprint density at radius 1 is 1.14 bits per heavy atom. The second kappa shape index (κ2) is 8.76. The highest BCUT2D eigenvalue weighted by molar-refractivity contribution is 7.13. The van der Waals surface area contributed by atoms with Gasteiger partial charge in [-0.3, -0.25) is 9.59 Å². The molecular weight excluding hydrogens is 408 g/mol. The van der Waals surface area contributed by atoms with Gasteiger partial charge in [0.1, 0.15) is 5.01 Å². The first-order valence-electron chi connectivity index (χ1n) is 9.35. The molecule has 0 fully saturated rings. The van der Waals surface area contributed by atoms with E-state index in [1.165, 1.54) is 11.3 Å². The molecule has 1 aromatic heterocycles. The SMILES string of the molecule is O=C(Cc1csc(-c2ccccc2Cl)n1)OCC(=O)N1CCCc2ccccc21. The van der Waals surface area contributed by atoms with Gasteiger partial charge in [0.15, 0.2) is 6.61 Å². The molecule has 0 unspecified atom stereocenters. The maximum absolute atomic E-state index is 12.6. The molecule has 0 spiro atoms. The normalized spacial score (nSPS) is 13.1. The standard InChI is InChI=1S/C22H19ClN2O3S/c23-18-9-3-2-8-17(18)22-24-16(14-29-22)12-21(27)28-13-20(26)25-11-5-7-15-6-1-4-10-19(15)25/h1-4,6,8-10,14H,5,7,11-13H2. The summed E-state index contributed by atoms with van der Waals surface area (Å²) in [6.07, 6.45) is 1.88. The van der Waals surface area contributed by atoms with Crippen molar-refractivity contribution < 1.29 is 14.3 Å². The summed E-state index contributed by atoms with van der Waals surface area (Å²) >= 11 is 7.62. The Kier molecular flexibility index (Phi) is 5.92. The molecule has 0 saturated carbocycles. The number of fused-ring (bicyclic) bond motifs is 1. The first-order valence-corrected chi connectivity index (χ1v) is 10.6. The van der Waals surface area contributed by atoms with E-state index in [1.54, 1.807) is 11.0 Å². The summed E-state index contributed by atoms with van der Waals surface area (Å²) in [7, 11) is 0. The molecule has 1 amide bonds. The number of amides is 1. The van der Waals surface area contributed by atoms with Crippen molar-refractivity contribution >= 4 is 40.5 Å². The third-order valence-electron chi connectivity index (χ3n) is 4.75. The van der Waals surface area contributed by atoms with Gasteiger partial charge in [-0.15, -0.1) is 11.3 Å². The maximum Gasteiger partial charge on any atom is 0.312 e. The lowest BCUT2D eigenvalue weighted by Crippen LogP contribution is -2.38. The summed E-state index contributed by atoms with van der Waals surface area (Å²) in [6, 6.07) is 15.3. The average molecular weight is 427 g/mol. The van der Waals surface area contributed by atoms with E-state index >= 15 is 0 Å². The molecular formula is C22H19ClN2O3S. The number of halogens is 1. The molecule has 0 atom stereocenters. The molecule has 2 heterocycles. The monoisotopic (exact) mass is 426 g/mol. The van der Waals surface area contributed by atoms with Crippen LogP contribution < -0.4 is 4.90 Å². The number of rotatable bonds is 5. The molecule has 0 saturated heterocycles. The Morgan fingerprint density at radius 3 is 2.79 bits per heavy atom. The molecule has 2 aromatic carbocycles. The zero-order valence-electron chi connectivity index (χ0n) is 15.6. The minimum atomic E-state index is -0.473. The van der Waals surface area contributed by atoms with Crippen LogP contribution in [0.1, 0.15) is 17.7 Å². The van der Waals surface area contributed by atoms with Crippen LogP contribution in [0.2, 0.25) is 5.02 Å². The summed E-state index contributed by atoms with van der Waals surface area (Å²) in [5, 5.41) is 3.17. The number of carbonyl (C=O) groups is 2. The number of hydrogen-bond acceptors (Lipinski definition) is 5. The molecule has 0 bridgehead atoms. The van der Waals surface area contributed by atoms with Crippen LogP contribution >= 0.6 is 22.9 Å². The van der Waals surface area contributed by atoms with Gasteiger partial charge in [-0.2, -0.15) is 0 Å². The van der Waals surface area contributed by atoms with E-state index in [2.05, 4.69) is 4.98 Å². The van der Waals surface area contributed by atoms with Gasteiger partial charge >= 0.3 is 5.97 Å². The average Bonchev–Trinajstić information content (AvgIpc) is 3.20. The van der Waals surface area contributed by atoms with Gasteiger partial charge in [0.25, 0.3) is 5.91 Å². The molecule has 0 aliphatic carbocycles. The minimum absolute atomic E-state index is 0.0187. The van der Waals surface area contributed by atoms with Crippen molar-refractivity contribution in [3.05, 3.63) is 70.2 Å². The summed E-state index contributed by atoms with van der Waals surface area (Å²) < 4.78 is 5.22. The molecule has 4 rings (SSSR count). The molecule has 1 aliphatic heterocycles. The molecule has 29 heavy (non-hydrogen) atoms. The summed E-state index contributed by atoms with van der Waals surface area (Å²) in [5.74, 6) is -0.680. The van der Waals surface area contributed by atoms with Crippen LogP contribution in [0.3, 0.4) is 0 Å². The van der Waals surface area contributed by atoms with Crippen LogP contribution in [0, 0.1) is 0 Å². The molecule has 7 heteroatoms. The van der Waals surface area contributed by atoms with Crippen molar-refractivity contribution in [2.45, 2.75) is 19.3 Å². The van der Waals surface area contributed by atoms with Crippen LogP contribution in [0.15, 0.2) is 53.9 Å². The number of aromatic nitrogens is 1. The number of thiazole rings is 1. The lowest BCUT2D eigenvalue weighted by atomic mass is 10.0. The first kappa shape index (κ1) is 19.6. The predicted molar refractivity (Wildman–Crippen MR) is 114 cm³/mol. The lowest BCUT2D eigenvalue weighted by molar-refractivity contribution is -0.147. The number of ether oxygens (including phenoxy) is 1. The summed E-state index contributed by atoms with van der Waals surface area (Å²) in [5.41, 5.74) is 3.49. The maximum atomic E-state index is 12.6. The van der Waals surface area contributed by atoms with Crippen molar-refractivity contribution in [2.24, 2.45) is 0 Å². The van der Waals surface area contributed by atoms with E-state index in [0.29, 0.717) is 17.3 Å². The Hall–Kier alpha value is -2.70. The molecule has 148 valence electrons. The van der Waals surface area contributed by atoms with Gasteiger partial charge in [-0.05, 0) is 30.5 Å². The van der Waals surface area contributed by atoms with Crippen LogP contribution in [0.25, 0.3) is 10.6 Å². The molecule has 1 aliphatic rings. The topological polar surface area (TPSA) is 59.5 Å². The van der Waals surface area contributed by atoms with Crippen LogP contribution in [0.4, 0.5) is 5.69 Å². The van der Waals surface area contributed by atoms with E-state index < -0.39 is 5.97 Å². The highest BCUT2D eigenvalue weighted by Gasteiger charge is 2.23. The largest absolute Gasteiger partial charge is 0.455 e. The fraction of sp³-hybridized carbons (Fsp3) is 0.227. The lowest BCUT2D eigenvalue weighted by Gasteiger charge is -2.29. The predicted octanol–water partition coefficient (Wildman–Crippen LogP) is 4.53. The van der Waals surface area contributed by atoms with Gasteiger partial charge in [-0.1, -0.05) is 48.0 Å². The second-order valence-electron chi connectivity index (χ2n) is 6.74. The van der Waals surface area contributed by atoms with Crippen LogP contribution in [-0.4, -0.2) is 30.0 Å². The Balaban J connectivity index is 1.34. The molecule has 0 N–H and O–H groups in total. The zero-order valence-corrected chi connectivity index (χ0v) is 17.2. The summed E-state index contributed by atoms with van der Waals surface area (Å²) in [4.78, 5) is 30.9. The molecule has 0 radical (unpaired) electrons. The van der Waals surface area contributed by atoms with Gasteiger partial charge in [0.05, 0.1) is 17.1 Å². The van der Waals surface area contributed by atoms with Crippen LogP contribution in [-0.2, 0) is 27.2 Å². The Morgan fingerprint density at radius 2 is 1.93 bits per heavy atom. The summed E-state index contributed by atoms with van der Waals surface area (Å²) in [6.45, 7) is 0.370. The smallest absolute Gasteiger partial charge is 0.312 e. The number of anilines is 1. The van der Waals surface area contributed by atoms with Crippen molar-refractivity contribution in [3.8, 4) is 10.6 Å². The highest BCUT2D eigenvalue weighted by Crippen LogP contribution is 2.30. The van der Waals surface area contributed by atoms with E-state index in [4.69, 9.17) is 16.3 Å². The number of benzene rings is 2. The number of aryl methyl sites for hydroxylation is 1. The van der Waals surface area contributed by atoms with Gasteiger partial charge in [0, 0.05) is 23.2 Å². The number of esters is 1. The van der Waals surface area contributed by atoms with Crippen molar-refractivity contribution in [3.63, 3.8) is 0 Å². The van der Waals surface area contributed by atoms with E-state index in [-0.39, 0.29) is 18.9 Å². The highest BCUT2D eigenvalue weighted by atomic mass is 35.5. The second-order valence-corrected chi connectivity index (χ2v) is 8.00. The van der Waals surface area contributed by atoms with Gasteiger partial charge in [-0.25, -0.2) is 4.98 Å². The van der Waals surface area contributed by atoms with E-state index in [9.17, 15) is 9.59 Å². The number of para-hydroxylation sites is 1.